The second-order valence-electron chi connectivity index (χ2n) is 4.92. The average Bonchev–Trinajstić information content (AvgIpc) is 3.04. The van der Waals surface area contributed by atoms with E-state index in [1.165, 1.54) is 29.5 Å². The fraction of sp³-hybridized carbons (Fsp3) is 0. The summed E-state index contributed by atoms with van der Waals surface area (Å²) in [6.07, 6.45) is 0. The molecule has 1 aromatic heterocycles. The number of rotatable bonds is 4. The van der Waals surface area contributed by atoms with Crippen molar-refractivity contribution in [2.45, 2.75) is 0 Å². The molecule has 0 bridgehead atoms. The van der Waals surface area contributed by atoms with Crippen LogP contribution in [0.5, 0.6) is 0 Å². The summed E-state index contributed by atoms with van der Waals surface area (Å²) in [5.41, 5.74) is 1.70. The number of non-ortho nitro benzene ring substituents is 1. The van der Waals surface area contributed by atoms with Crippen molar-refractivity contribution in [1.29, 1.82) is 0 Å². The zero-order valence-corrected chi connectivity index (χ0v) is 16.1. The maximum Gasteiger partial charge on any atom is 0.270 e. The predicted molar refractivity (Wildman–Crippen MR) is 106 cm³/mol. The van der Waals surface area contributed by atoms with E-state index in [1.807, 2.05) is 40.1 Å². The first-order valence-electron chi connectivity index (χ1n) is 6.91. The smallest absolute Gasteiger partial charge is 0.270 e. The Bertz CT molecular complexity index is 960. The molecule has 1 heterocycles. The number of nitrogens with zero attached hydrogens (tertiary/aromatic N) is 2. The zero-order chi connectivity index (χ0) is 18.0. The van der Waals surface area contributed by atoms with Crippen LogP contribution in [0.3, 0.4) is 0 Å². The lowest BCUT2D eigenvalue weighted by Gasteiger charge is -2.04. The molecule has 0 aliphatic rings. The Morgan fingerprint density at radius 3 is 2.64 bits per heavy atom. The first-order valence-corrected chi connectivity index (χ1v) is 9.24. The summed E-state index contributed by atoms with van der Waals surface area (Å²) in [4.78, 5) is 27.1. The first kappa shape index (κ1) is 17.8. The van der Waals surface area contributed by atoms with Crippen molar-refractivity contribution >= 4 is 62.3 Å². The SMILES string of the molecule is O=C(Nc1nc(-c2ccc(Cl)cc2)cs1)c1cc([N+](=O)[O-])ccc1I. The third kappa shape index (κ3) is 4.14. The number of aromatic nitrogens is 1. The predicted octanol–water partition coefficient (Wildman–Crippen LogP) is 5.23. The number of carbonyl (C=O) groups excluding carboxylic acids is 1. The minimum absolute atomic E-state index is 0.133. The van der Waals surface area contributed by atoms with Crippen molar-refractivity contribution in [1.82, 2.24) is 4.98 Å². The Balaban J connectivity index is 1.81. The van der Waals surface area contributed by atoms with Crippen molar-refractivity contribution in [3.05, 3.63) is 72.1 Å². The van der Waals surface area contributed by atoms with E-state index in [4.69, 9.17) is 11.6 Å². The third-order valence-corrected chi connectivity index (χ3v) is 5.22. The topological polar surface area (TPSA) is 85.1 Å². The van der Waals surface area contributed by atoms with Gasteiger partial charge >= 0.3 is 0 Å². The average molecular weight is 486 g/mol. The molecule has 9 heteroatoms. The number of anilines is 1. The van der Waals surface area contributed by atoms with Gasteiger partial charge in [0.05, 0.1) is 16.2 Å². The quantitative estimate of drug-likeness (QED) is 0.312. The van der Waals surface area contributed by atoms with Gasteiger partial charge in [0.1, 0.15) is 0 Å². The van der Waals surface area contributed by atoms with Crippen LogP contribution in [0.1, 0.15) is 10.4 Å². The van der Waals surface area contributed by atoms with E-state index >= 15 is 0 Å². The first-order chi connectivity index (χ1) is 11.9. The highest BCUT2D eigenvalue weighted by Gasteiger charge is 2.17. The summed E-state index contributed by atoms with van der Waals surface area (Å²) in [5.74, 6) is -0.440. The fourth-order valence-electron chi connectivity index (χ4n) is 2.05. The molecule has 3 rings (SSSR count). The highest BCUT2D eigenvalue weighted by molar-refractivity contribution is 14.1. The number of hydrogen-bond acceptors (Lipinski definition) is 5. The van der Waals surface area contributed by atoms with Crippen molar-refractivity contribution in [3.63, 3.8) is 0 Å². The standard InChI is InChI=1S/C16H9ClIN3O3S/c17-10-3-1-9(2-4-10)14-8-25-16(19-14)20-15(22)12-7-11(21(23)24)5-6-13(12)18/h1-8H,(H,19,20,22). The second kappa shape index (κ2) is 7.46. The Morgan fingerprint density at radius 2 is 1.96 bits per heavy atom. The van der Waals surface area contributed by atoms with Crippen LogP contribution < -0.4 is 5.32 Å². The molecule has 2 aromatic carbocycles. The fourth-order valence-corrected chi connectivity index (χ4v) is 3.47. The minimum atomic E-state index is -0.533. The number of amides is 1. The molecule has 0 atom stereocenters. The van der Waals surface area contributed by atoms with Gasteiger partial charge in [0.25, 0.3) is 11.6 Å². The van der Waals surface area contributed by atoms with Crippen LogP contribution in [0.4, 0.5) is 10.8 Å². The number of benzene rings is 2. The molecule has 0 radical (unpaired) electrons. The summed E-state index contributed by atoms with van der Waals surface area (Å²) in [5, 5.41) is 16.4. The third-order valence-electron chi connectivity index (χ3n) is 3.27. The van der Waals surface area contributed by atoms with Crippen LogP contribution in [0.15, 0.2) is 47.8 Å². The molecule has 25 heavy (non-hydrogen) atoms. The number of halogens is 2. The molecule has 126 valence electrons. The van der Waals surface area contributed by atoms with E-state index < -0.39 is 10.8 Å². The molecular formula is C16H9ClIN3O3S. The van der Waals surface area contributed by atoms with Crippen LogP contribution in [-0.4, -0.2) is 15.8 Å². The number of thiazole rings is 1. The molecule has 1 N–H and O–H groups in total. The molecule has 0 aliphatic carbocycles. The summed E-state index contributed by atoms with van der Waals surface area (Å²) in [6.45, 7) is 0. The van der Waals surface area contributed by atoms with Crippen molar-refractivity contribution in [2.75, 3.05) is 5.32 Å². The molecule has 0 saturated carbocycles. The number of hydrogen-bond donors (Lipinski definition) is 1. The van der Waals surface area contributed by atoms with Gasteiger partial charge in [0, 0.05) is 31.7 Å². The molecule has 0 unspecified atom stereocenters. The number of nitrogens with one attached hydrogen (secondary N) is 1. The van der Waals surface area contributed by atoms with E-state index in [-0.39, 0.29) is 11.3 Å². The van der Waals surface area contributed by atoms with Crippen LogP contribution in [-0.2, 0) is 0 Å². The van der Waals surface area contributed by atoms with E-state index in [0.717, 1.165) is 5.56 Å². The van der Waals surface area contributed by atoms with Crippen molar-refractivity contribution < 1.29 is 9.72 Å². The van der Waals surface area contributed by atoms with Crippen LogP contribution in [0.25, 0.3) is 11.3 Å². The highest BCUT2D eigenvalue weighted by Crippen LogP contribution is 2.27. The van der Waals surface area contributed by atoms with Gasteiger partial charge in [0.15, 0.2) is 5.13 Å². The summed E-state index contributed by atoms with van der Waals surface area (Å²) in [7, 11) is 0. The summed E-state index contributed by atoms with van der Waals surface area (Å²) < 4.78 is 0.621. The van der Waals surface area contributed by atoms with Crippen LogP contribution in [0, 0.1) is 13.7 Å². The van der Waals surface area contributed by atoms with Gasteiger partial charge in [-0.25, -0.2) is 4.98 Å². The lowest BCUT2D eigenvalue weighted by molar-refractivity contribution is -0.384. The van der Waals surface area contributed by atoms with Gasteiger partial charge in [-0.2, -0.15) is 0 Å². The lowest BCUT2D eigenvalue weighted by atomic mass is 10.2. The minimum Gasteiger partial charge on any atom is -0.298 e. The van der Waals surface area contributed by atoms with E-state index in [9.17, 15) is 14.9 Å². The zero-order valence-electron chi connectivity index (χ0n) is 12.4. The number of nitro groups is 1. The maximum atomic E-state index is 12.4. The summed E-state index contributed by atoms with van der Waals surface area (Å²) >= 11 is 9.11. The molecule has 0 aliphatic heterocycles. The lowest BCUT2D eigenvalue weighted by Crippen LogP contribution is -2.13. The van der Waals surface area contributed by atoms with Gasteiger partial charge in [-0.3, -0.25) is 20.2 Å². The van der Waals surface area contributed by atoms with Gasteiger partial charge in [0.2, 0.25) is 0 Å². The van der Waals surface area contributed by atoms with Crippen molar-refractivity contribution in [2.24, 2.45) is 0 Å². The van der Waals surface area contributed by atoms with Crippen LogP contribution in [0.2, 0.25) is 5.02 Å². The Hall–Kier alpha value is -2.04. The Labute approximate surface area is 165 Å². The highest BCUT2D eigenvalue weighted by atomic mass is 127. The summed E-state index contributed by atoms with van der Waals surface area (Å²) in [6, 6.07) is 11.4. The normalized spacial score (nSPS) is 10.5. The Morgan fingerprint density at radius 1 is 1.24 bits per heavy atom. The molecule has 0 saturated heterocycles. The van der Waals surface area contributed by atoms with E-state index in [1.54, 1.807) is 12.1 Å². The van der Waals surface area contributed by atoms with Gasteiger partial charge in [-0.1, -0.05) is 23.7 Å². The molecule has 0 spiro atoms. The Kier molecular flexibility index (Phi) is 5.30. The molecular weight excluding hydrogens is 477 g/mol. The number of carbonyl (C=O) groups is 1. The maximum absolute atomic E-state index is 12.4. The van der Waals surface area contributed by atoms with E-state index in [2.05, 4.69) is 10.3 Å². The van der Waals surface area contributed by atoms with Crippen LogP contribution >= 0.6 is 45.5 Å². The van der Waals surface area contributed by atoms with Crippen molar-refractivity contribution in [3.8, 4) is 11.3 Å². The van der Waals surface area contributed by atoms with Gasteiger partial charge in [-0.15, -0.1) is 11.3 Å². The molecule has 6 nitrogen and oxygen atoms in total. The monoisotopic (exact) mass is 485 g/mol. The molecule has 1 amide bonds. The largest absolute Gasteiger partial charge is 0.298 e. The molecule has 0 fully saturated rings. The van der Waals surface area contributed by atoms with Gasteiger partial charge in [-0.05, 0) is 40.8 Å². The molecule has 3 aromatic rings. The van der Waals surface area contributed by atoms with Gasteiger partial charge < -0.3 is 0 Å². The van der Waals surface area contributed by atoms with E-state index in [0.29, 0.717) is 19.4 Å². The number of nitro benzene ring substituents is 1. The second-order valence-corrected chi connectivity index (χ2v) is 7.38.